The van der Waals surface area contributed by atoms with Crippen LogP contribution >= 0.6 is 24.0 Å². The van der Waals surface area contributed by atoms with Crippen LogP contribution in [-0.2, 0) is 13.0 Å². The van der Waals surface area contributed by atoms with Crippen LogP contribution in [0.25, 0.3) is 0 Å². The third-order valence-electron chi connectivity index (χ3n) is 3.20. The van der Waals surface area contributed by atoms with Crippen LogP contribution in [0.15, 0.2) is 39.7 Å². The van der Waals surface area contributed by atoms with E-state index < -0.39 is 0 Å². The standard InChI is InChI=1S/C16H21N3O.HI/c1-4-13-5-7-15(8-6-13)19-16(17)18-10-14-9-11(2)20-12(14)3;/h5-9H,4,10H2,1-3H3,(H3,17,18,19);1H. The van der Waals surface area contributed by atoms with E-state index in [9.17, 15) is 0 Å². The molecule has 0 bridgehead atoms. The van der Waals surface area contributed by atoms with Gasteiger partial charge in [0.2, 0.25) is 0 Å². The molecule has 4 nitrogen and oxygen atoms in total. The second-order valence-corrected chi connectivity index (χ2v) is 4.82. The summed E-state index contributed by atoms with van der Waals surface area (Å²) in [6.45, 7) is 6.52. The van der Waals surface area contributed by atoms with Crippen LogP contribution in [-0.4, -0.2) is 5.96 Å². The van der Waals surface area contributed by atoms with E-state index in [-0.39, 0.29) is 24.0 Å². The monoisotopic (exact) mass is 399 g/mol. The van der Waals surface area contributed by atoms with Crippen molar-refractivity contribution >= 4 is 35.6 Å². The van der Waals surface area contributed by atoms with E-state index in [4.69, 9.17) is 10.2 Å². The van der Waals surface area contributed by atoms with Crippen molar-refractivity contribution in [2.75, 3.05) is 5.32 Å². The van der Waals surface area contributed by atoms with Crippen molar-refractivity contribution in [3.8, 4) is 0 Å². The number of hydrogen-bond acceptors (Lipinski definition) is 2. The van der Waals surface area contributed by atoms with Crippen LogP contribution < -0.4 is 11.1 Å². The third kappa shape index (κ3) is 5.08. The van der Waals surface area contributed by atoms with Crippen molar-refractivity contribution in [1.82, 2.24) is 0 Å². The van der Waals surface area contributed by atoms with E-state index in [1.54, 1.807) is 0 Å². The number of rotatable bonds is 4. The Kier molecular flexibility index (Phi) is 6.74. The Morgan fingerprint density at radius 3 is 2.43 bits per heavy atom. The van der Waals surface area contributed by atoms with Gasteiger partial charge in [-0.15, -0.1) is 24.0 Å². The van der Waals surface area contributed by atoms with Gasteiger partial charge < -0.3 is 15.5 Å². The van der Waals surface area contributed by atoms with Crippen molar-refractivity contribution < 1.29 is 4.42 Å². The predicted octanol–water partition coefficient (Wildman–Crippen LogP) is 4.00. The number of nitrogens with zero attached hydrogens (tertiary/aromatic N) is 1. The average molecular weight is 399 g/mol. The first kappa shape index (κ1) is 17.6. The largest absolute Gasteiger partial charge is 0.466 e. The van der Waals surface area contributed by atoms with Crippen LogP contribution in [0.3, 0.4) is 0 Å². The van der Waals surface area contributed by atoms with E-state index in [0.29, 0.717) is 12.5 Å². The molecule has 1 heterocycles. The maximum absolute atomic E-state index is 5.89. The lowest BCUT2D eigenvalue weighted by atomic mass is 10.1. The van der Waals surface area contributed by atoms with Crippen LogP contribution in [0, 0.1) is 13.8 Å². The molecule has 0 aliphatic rings. The van der Waals surface area contributed by atoms with Gasteiger partial charge in [0.25, 0.3) is 0 Å². The fourth-order valence-electron chi connectivity index (χ4n) is 2.02. The van der Waals surface area contributed by atoms with Crippen LogP contribution in [0.2, 0.25) is 0 Å². The summed E-state index contributed by atoms with van der Waals surface area (Å²) in [5.74, 6) is 2.20. The molecule has 1 aromatic heterocycles. The molecule has 0 spiro atoms. The summed E-state index contributed by atoms with van der Waals surface area (Å²) in [6, 6.07) is 10.2. The first-order valence-corrected chi connectivity index (χ1v) is 6.80. The molecule has 3 N–H and O–H groups in total. The second kappa shape index (κ2) is 8.07. The average Bonchev–Trinajstić information content (AvgIpc) is 2.75. The lowest BCUT2D eigenvalue weighted by Gasteiger charge is -2.06. The predicted molar refractivity (Wildman–Crippen MR) is 98.4 cm³/mol. The van der Waals surface area contributed by atoms with E-state index >= 15 is 0 Å². The molecule has 0 saturated carbocycles. The molecule has 2 aromatic rings. The number of aryl methyl sites for hydroxylation is 3. The summed E-state index contributed by atoms with van der Waals surface area (Å²) >= 11 is 0. The topological polar surface area (TPSA) is 63.5 Å². The van der Waals surface area contributed by atoms with E-state index in [0.717, 1.165) is 29.2 Å². The van der Waals surface area contributed by atoms with E-state index in [1.165, 1.54) is 5.56 Å². The summed E-state index contributed by atoms with van der Waals surface area (Å²) in [5, 5.41) is 3.09. The summed E-state index contributed by atoms with van der Waals surface area (Å²) in [4.78, 5) is 4.33. The Balaban J connectivity index is 0.00000220. The zero-order chi connectivity index (χ0) is 14.5. The quantitative estimate of drug-likeness (QED) is 0.464. The number of anilines is 1. The fourth-order valence-corrected chi connectivity index (χ4v) is 2.02. The number of guanidine groups is 1. The Bertz CT molecular complexity index is 602. The first-order chi connectivity index (χ1) is 9.58. The van der Waals surface area contributed by atoms with Crippen LogP contribution in [0.1, 0.15) is 29.6 Å². The Morgan fingerprint density at radius 1 is 1.24 bits per heavy atom. The molecular weight excluding hydrogens is 377 g/mol. The minimum atomic E-state index is 0. The highest BCUT2D eigenvalue weighted by atomic mass is 127. The SMILES string of the molecule is CCc1ccc(NC(N)=NCc2cc(C)oc2C)cc1.I. The van der Waals surface area contributed by atoms with Gasteiger partial charge in [-0.05, 0) is 44.0 Å². The molecule has 1 aromatic carbocycles. The highest BCUT2D eigenvalue weighted by Gasteiger charge is 2.03. The first-order valence-electron chi connectivity index (χ1n) is 6.80. The molecule has 0 aliphatic heterocycles. The molecule has 5 heteroatoms. The van der Waals surface area contributed by atoms with Crippen molar-refractivity contribution in [3.63, 3.8) is 0 Å². The molecule has 114 valence electrons. The summed E-state index contributed by atoms with van der Waals surface area (Å²) < 4.78 is 5.46. The number of furan rings is 1. The second-order valence-electron chi connectivity index (χ2n) is 4.82. The van der Waals surface area contributed by atoms with Crippen molar-refractivity contribution in [2.45, 2.75) is 33.7 Å². The Morgan fingerprint density at radius 2 is 1.90 bits per heavy atom. The van der Waals surface area contributed by atoms with E-state index in [1.807, 2.05) is 32.0 Å². The molecule has 0 radical (unpaired) electrons. The summed E-state index contributed by atoms with van der Waals surface area (Å²) in [5.41, 5.74) is 9.20. The van der Waals surface area contributed by atoms with Gasteiger partial charge in [-0.25, -0.2) is 4.99 Å². The molecule has 0 saturated heterocycles. The van der Waals surface area contributed by atoms with Gasteiger partial charge in [-0.1, -0.05) is 19.1 Å². The molecule has 21 heavy (non-hydrogen) atoms. The van der Waals surface area contributed by atoms with Gasteiger partial charge in [-0.3, -0.25) is 0 Å². The van der Waals surface area contributed by atoms with Gasteiger partial charge in [0.1, 0.15) is 11.5 Å². The molecule has 0 aliphatic carbocycles. The maximum Gasteiger partial charge on any atom is 0.193 e. The zero-order valence-corrected chi connectivity index (χ0v) is 15.0. The van der Waals surface area contributed by atoms with Gasteiger partial charge in [-0.2, -0.15) is 0 Å². The van der Waals surface area contributed by atoms with Crippen molar-refractivity contribution in [3.05, 3.63) is 53.0 Å². The van der Waals surface area contributed by atoms with Crippen molar-refractivity contribution in [2.24, 2.45) is 10.7 Å². The van der Waals surface area contributed by atoms with Crippen LogP contribution in [0.4, 0.5) is 5.69 Å². The molecule has 0 unspecified atom stereocenters. The lowest BCUT2D eigenvalue weighted by molar-refractivity contribution is 0.501. The van der Waals surface area contributed by atoms with E-state index in [2.05, 4.69) is 29.4 Å². The smallest absolute Gasteiger partial charge is 0.193 e. The zero-order valence-electron chi connectivity index (χ0n) is 12.6. The molecule has 0 atom stereocenters. The molecule has 2 rings (SSSR count). The number of hydrogen-bond donors (Lipinski definition) is 2. The van der Waals surface area contributed by atoms with Crippen molar-refractivity contribution in [1.29, 1.82) is 0 Å². The Labute approximate surface area is 142 Å². The number of aliphatic imine (C=N–C) groups is 1. The normalized spacial score (nSPS) is 11.1. The third-order valence-corrected chi connectivity index (χ3v) is 3.20. The minimum absolute atomic E-state index is 0. The highest BCUT2D eigenvalue weighted by Crippen LogP contribution is 2.14. The number of nitrogens with two attached hydrogens (primary N) is 1. The highest BCUT2D eigenvalue weighted by molar-refractivity contribution is 14.0. The van der Waals surface area contributed by atoms with Crippen LogP contribution in [0.5, 0.6) is 0 Å². The van der Waals surface area contributed by atoms with Gasteiger partial charge in [0, 0.05) is 11.3 Å². The minimum Gasteiger partial charge on any atom is -0.466 e. The lowest BCUT2D eigenvalue weighted by Crippen LogP contribution is -2.22. The maximum atomic E-state index is 5.89. The Hall–Kier alpha value is -1.50. The molecule has 0 amide bonds. The van der Waals surface area contributed by atoms with Gasteiger partial charge in [0.15, 0.2) is 5.96 Å². The molecule has 0 fully saturated rings. The molecular formula is C16H22IN3O. The summed E-state index contributed by atoms with van der Waals surface area (Å²) in [7, 11) is 0. The van der Waals surface area contributed by atoms with Gasteiger partial charge in [0.05, 0.1) is 6.54 Å². The van der Waals surface area contributed by atoms with Gasteiger partial charge >= 0.3 is 0 Å². The number of nitrogens with one attached hydrogen (secondary N) is 1. The summed E-state index contributed by atoms with van der Waals surface area (Å²) in [6.07, 6.45) is 1.03. The number of benzene rings is 1. The number of halogens is 1. The fraction of sp³-hybridized carbons (Fsp3) is 0.312.